The Labute approximate surface area is 140 Å². The number of urea groups is 1. The lowest BCUT2D eigenvalue weighted by Gasteiger charge is -2.18. The third-order valence-corrected chi connectivity index (χ3v) is 4.51. The largest absolute Gasteiger partial charge is 0.466 e. The van der Waals surface area contributed by atoms with Crippen LogP contribution in [0.15, 0.2) is 44.2 Å². The average Bonchev–Trinajstić information content (AvgIpc) is 3.34. The van der Waals surface area contributed by atoms with Crippen molar-refractivity contribution in [2.45, 2.75) is 19.0 Å². The highest BCUT2D eigenvalue weighted by molar-refractivity contribution is 7.08. The van der Waals surface area contributed by atoms with Crippen molar-refractivity contribution in [1.82, 2.24) is 20.4 Å². The second-order valence-electron chi connectivity index (χ2n) is 5.45. The van der Waals surface area contributed by atoms with Crippen LogP contribution in [0.25, 0.3) is 11.4 Å². The highest BCUT2D eigenvalue weighted by Crippen LogP contribution is 2.30. The van der Waals surface area contributed by atoms with E-state index in [1.54, 1.807) is 19.1 Å². The number of hydrogen-bond acceptors (Lipinski definition) is 7. The summed E-state index contributed by atoms with van der Waals surface area (Å²) in [5, 5.41) is 10.3. The van der Waals surface area contributed by atoms with E-state index in [9.17, 15) is 9.59 Å². The van der Waals surface area contributed by atoms with Gasteiger partial charge in [-0.15, -0.1) is 0 Å². The molecule has 9 heteroatoms. The van der Waals surface area contributed by atoms with Crippen LogP contribution < -0.4 is 5.32 Å². The van der Waals surface area contributed by atoms with Gasteiger partial charge in [-0.3, -0.25) is 9.69 Å². The molecule has 0 saturated carbocycles. The van der Waals surface area contributed by atoms with Crippen molar-refractivity contribution in [2.24, 2.45) is 0 Å². The normalized spacial score (nSPS) is 20.6. The van der Waals surface area contributed by atoms with Crippen LogP contribution in [0.1, 0.15) is 18.6 Å². The summed E-state index contributed by atoms with van der Waals surface area (Å²) in [6, 6.07) is 4.63. The monoisotopic (exact) mass is 344 g/mol. The molecule has 1 aliphatic rings. The molecule has 3 amide bonds. The van der Waals surface area contributed by atoms with Crippen LogP contribution in [0.2, 0.25) is 0 Å². The lowest BCUT2D eigenvalue weighted by Crippen LogP contribution is -2.40. The average molecular weight is 344 g/mol. The van der Waals surface area contributed by atoms with Gasteiger partial charge in [0.05, 0.1) is 6.26 Å². The first-order valence-corrected chi connectivity index (χ1v) is 8.05. The van der Waals surface area contributed by atoms with E-state index in [-0.39, 0.29) is 12.4 Å². The van der Waals surface area contributed by atoms with Crippen LogP contribution in [0.4, 0.5) is 4.79 Å². The zero-order valence-electron chi connectivity index (χ0n) is 12.6. The molecule has 3 aromatic heterocycles. The molecule has 0 aliphatic carbocycles. The minimum atomic E-state index is -1.24. The fourth-order valence-electron chi connectivity index (χ4n) is 2.53. The van der Waals surface area contributed by atoms with E-state index < -0.39 is 17.5 Å². The van der Waals surface area contributed by atoms with Crippen molar-refractivity contribution in [1.29, 1.82) is 0 Å². The molecule has 122 valence electrons. The summed E-state index contributed by atoms with van der Waals surface area (Å²) in [4.78, 5) is 30.1. The molecule has 4 rings (SSSR count). The summed E-state index contributed by atoms with van der Waals surface area (Å²) < 4.78 is 10.4. The molecular weight excluding hydrogens is 332 g/mol. The van der Waals surface area contributed by atoms with Crippen LogP contribution in [0, 0.1) is 0 Å². The second kappa shape index (κ2) is 5.31. The topological polar surface area (TPSA) is 101 Å². The van der Waals surface area contributed by atoms with Gasteiger partial charge in [-0.05, 0) is 30.5 Å². The van der Waals surface area contributed by atoms with Crippen molar-refractivity contribution in [3.63, 3.8) is 0 Å². The maximum absolute atomic E-state index is 12.7. The van der Waals surface area contributed by atoms with Crippen LogP contribution in [0.3, 0.4) is 0 Å². The Morgan fingerprint density at radius 1 is 1.38 bits per heavy atom. The van der Waals surface area contributed by atoms with Crippen LogP contribution >= 0.6 is 11.3 Å². The number of nitrogens with zero attached hydrogens (tertiary/aromatic N) is 3. The molecule has 3 aromatic rings. The molecule has 1 fully saturated rings. The Morgan fingerprint density at radius 2 is 2.25 bits per heavy atom. The SMILES string of the molecule is CC1(c2ccco2)NC(=O)N(Cc2nc(-c3ccsc3)no2)C1=O. The first-order chi connectivity index (χ1) is 11.6. The van der Waals surface area contributed by atoms with Crippen molar-refractivity contribution in [3.8, 4) is 11.4 Å². The summed E-state index contributed by atoms with van der Waals surface area (Å²) >= 11 is 1.51. The van der Waals surface area contributed by atoms with Crippen LogP contribution in [0.5, 0.6) is 0 Å². The summed E-state index contributed by atoms with van der Waals surface area (Å²) in [7, 11) is 0. The number of hydrogen-bond donors (Lipinski definition) is 1. The van der Waals surface area contributed by atoms with Gasteiger partial charge in [-0.25, -0.2) is 4.79 Å². The molecule has 0 bridgehead atoms. The Balaban J connectivity index is 1.57. The fraction of sp³-hybridized carbons (Fsp3) is 0.200. The van der Waals surface area contributed by atoms with Gasteiger partial charge in [-0.2, -0.15) is 16.3 Å². The minimum absolute atomic E-state index is 0.0991. The summed E-state index contributed by atoms with van der Waals surface area (Å²) in [5.74, 6) is 0.543. The predicted octanol–water partition coefficient (Wildman–Crippen LogP) is 2.36. The van der Waals surface area contributed by atoms with Gasteiger partial charge < -0.3 is 14.3 Å². The number of carbonyl (C=O) groups is 2. The van der Waals surface area contributed by atoms with Gasteiger partial charge in [0.2, 0.25) is 11.7 Å². The number of aromatic nitrogens is 2. The maximum atomic E-state index is 12.7. The van der Waals surface area contributed by atoms with Crippen LogP contribution in [-0.2, 0) is 16.9 Å². The quantitative estimate of drug-likeness (QED) is 0.729. The number of thiophene rings is 1. The molecule has 0 radical (unpaired) electrons. The van der Waals surface area contributed by atoms with Gasteiger partial charge in [-0.1, -0.05) is 5.16 Å². The lowest BCUT2D eigenvalue weighted by atomic mass is 9.99. The second-order valence-corrected chi connectivity index (χ2v) is 6.23. The van der Waals surface area contributed by atoms with Gasteiger partial charge >= 0.3 is 6.03 Å². The maximum Gasteiger partial charge on any atom is 0.325 e. The highest BCUT2D eigenvalue weighted by Gasteiger charge is 2.51. The fourth-order valence-corrected chi connectivity index (χ4v) is 3.17. The molecule has 0 spiro atoms. The molecule has 1 N–H and O–H groups in total. The number of imide groups is 1. The molecule has 1 saturated heterocycles. The minimum Gasteiger partial charge on any atom is -0.466 e. The van der Waals surface area contributed by atoms with Crippen molar-refractivity contribution < 1.29 is 18.5 Å². The zero-order valence-corrected chi connectivity index (χ0v) is 13.4. The molecule has 1 atom stereocenters. The number of nitrogens with one attached hydrogen (secondary N) is 1. The van der Waals surface area contributed by atoms with E-state index >= 15 is 0 Å². The Hall–Kier alpha value is -2.94. The first kappa shape index (κ1) is 14.6. The van der Waals surface area contributed by atoms with E-state index in [2.05, 4.69) is 15.5 Å². The van der Waals surface area contributed by atoms with E-state index in [1.165, 1.54) is 17.6 Å². The molecule has 8 nitrogen and oxygen atoms in total. The number of furan rings is 1. The van der Waals surface area contributed by atoms with Crippen LogP contribution in [-0.4, -0.2) is 27.0 Å². The first-order valence-electron chi connectivity index (χ1n) is 7.11. The lowest BCUT2D eigenvalue weighted by molar-refractivity contribution is -0.132. The van der Waals surface area contributed by atoms with E-state index in [0.717, 1.165) is 10.5 Å². The molecule has 1 aliphatic heterocycles. The van der Waals surface area contributed by atoms with E-state index in [4.69, 9.17) is 8.94 Å². The third kappa shape index (κ3) is 2.21. The van der Waals surface area contributed by atoms with Gasteiger partial charge in [0, 0.05) is 10.9 Å². The standard InChI is InChI=1S/C15H12N4O4S/c1-15(10-3-2-5-22-10)13(20)19(14(21)17-15)7-11-16-12(18-23-11)9-4-6-24-8-9/h2-6,8H,7H2,1H3,(H,17,21). The Bertz CT molecular complexity index is 887. The van der Waals surface area contributed by atoms with Crippen molar-refractivity contribution in [2.75, 3.05) is 0 Å². The van der Waals surface area contributed by atoms with Crippen molar-refractivity contribution in [3.05, 3.63) is 46.9 Å². The van der Waals surface area contributed by atoms with Crippen molar-refractivity contribution >= 4 is 23.3 Å². The third-order valence-electron chi connectivity index (χ3n) is 3.83. The van der Waals surface area contributed by atoms with E-state index in [0.29, 0.717) is 11.6 Å². The smallest absolute Gasteiger partial charge is 0.325 e. The molecule has 24 heavy (non-hydrogen) atoms. The van der Waals surface area contributed by atoms with E-state index in [1.807, 2.05) is 16.8 Å². The molecule has 0 aromatic carbocycles. The summed E-state index contributed by atoms with van der Waals surface area (Å²) in [6.07, 6.45) is 1.45. The predicted molar refractivity (Wildman–Crippen MR) is 82.8 cm³/mol. The molecule has 1 unspecified atom stereocenters. The number of rotatable bonds is 4. The summed E-state index contributed by atoms with van der Waals surface area (Å²) in [6.45, 7) is 1.49. The highest BCUT2D eigenvalue weighted by atomic mass is 32.1. The van der Waals surface area contributed by atoms with Gasteiger partial charge in [0.25, 0.3) is 5.91 Å². The van der Waals surface area contributed by atoms with Gasteiger partial charge in [0.15, 0.2) is 5.54 Å². The Morgan fingerprint density at radius 3 is 2.96 bits per heavy atom. The molecule has 4 heterocycles. The van der Waals surface area contributed by atoms with Gasteiger partial charge in [0.1, 0.15) is 12.3 Å². The number of amides is 3. The number of carbonyl (C=O) groups excluding carboxylic acids is 2. The summed E-state index contributed by atoms with van der Waals surface area (Å²) in [5.41, 5.74) is -0.413. The Kier molecular flexibility index (Phi) is 3.24. The zero-order chi connectivity index (χ0) is 16.7. The molecular formula is C15H12N4O4S.